The summed E-state index contributed by atoms with van der Waals surface area (Å²) in [4.78, 5) is 56.8. The minimum atomic E-state index is -1.60. The molecule has 0 saturated carbocycles. The zero-order chi connectivity index (χ0) is 18.3. The molecule has 11 heteroatoms. The van der Waals surface area contributed by atoms with Gasteiger partial charge in [0, 0.05) is 0 Å². The molecule has 0 radical (unpaired) electrons. The number of nitrogens with one attached hydrogen (secondary N) is 3. The molecule has 1 fully saturated rings. The van der Waals surface area contributed by atoms with E-state index in [9.17, 15) is 24.0 Å². The molecule has 1 heterocycles. The summed E-state index contributed by atoms with van der Waals surface area (Å²) < 4.78 is 0. The molecule has 7 N–H and O–H groups in total. The molecule has 3 amide bonds. The molecule has 24 heavy (non-hydrogen) atoms. The number of carboxylic acids is 2. The lowest BCUT2D eigenvalue weighted by Gasteiger charge is -2.21. The van der Waals surface area contributed by atoms with Crippen molar-refractivity contribution >= 4 is 29.7 Å². The minimum absolute atomic E-state index is 0.532. The Morgan fingerprint density at radius 1 is 1.08 bits per heavy atom. The van der Waals surface area contributed by atoms with E-state index in [2.05, 4.69) is 10.6 Å². The van der Waals surface area contributed by atoms with Crippen LogP contribution in [-0.2, 0) is 24.0 Å². The fraction of sp³-hybridized carbons (Fsp3) is 0.615. The highest BCUT2D eigenvalue weighted by Crippen LogP contribution is 2.06. The number of rotatable bonds is 9. The molecule has 1 aliphatic rings. The van der Waals surface area contributed by atoms with E-state index < -0.39 is 60.6 Å². The van der Waals surface area contributed by atoms with E-state index in [-0.39, 0.29) is 0 Å². The predicted molar refractivity (Wildman–Crippen MR) is 78.6 cm³/mol. The minimum Gasteiger partial charge on any atom is -0.481 e. The number of primary amides is 1. The van der Waals surface area contributed by atoms with Crippen molar-refractivity contribution in [3.63, 3.8) is 0 Å². The van der Waals surface area contributed by atoms with Gasteiger partial charge in [-0.2, -0.15) is 0 Å². The lowest BCUT2D eigenvalue weighted by molar-refractivity contribution is -0.144. The van der Waals surface area contributed by atoms with Gasteiger partial charge in [-0.1, -0.05) is 0 Å². The summed E-state index contributed by atoms with van der Waals surface area (Å²) in [6.07, 6.45) is -0.0630. The van der Waals surface area contributed by atoms with Crippen LogP contribution in [-0.4, -0.2) is 64.5 Å². The van der Waals surface area contributed by atoms with E-state index in [0.717, 1.165) is 6.42 Å². The first-order chi connectivity index (χ1) is 11.2. The predicted octanol–water partition coefficient (Wildman–Crippen LogP) is -2.86. The van der Waals surface area contributed by atoms with Crippen LogP contribution in [0.15, 0.2) is 0 Å². The van der Waals surface area contributed by atoms with Gasteiger partial charge in [0.2, 0.25) is 17.7 Å². The third-order valence-corrected chi connectivity index (χ3v) is 3.41. The van der Waals surface area contributed by atoms with Crippen molar-refractivity contribution < 1.29 is 34.2 Å². The molecule has 134 valence electrons. The monoisotopic (exact) mass is 344 g/mol. The molecular weight excluding hydrogens is 324 g/mol. The maximum Gasteiger partial charge on any atom is 0.326 e. The van der Waals surface area contributed by atoms with Crippen LogP contribution in [0.2, 0.25) is 0 Å². The summed E-state index contributed by atoms with van der Waals surface area (Å²) in [6.45, 7) is 0.633. The molecule has 0 aromatic carbocycles. The van der Waals surface area contributed by atoms with Gasteiger partial charge in [0.15, 0.2) is 0 Å². The van der Waals surface area contributed by atoms with Crippen molar-refractivity contribution in [2.75, 3.05) is 6.54 Å². The fourth-order valence-corrected chi connectivity index (χ4v) is 2.24. The van der Waals surface area contributed by atoms with Crippen molar-refractivity contribution in [1.82, 2.24) is 16.0 Å². The van der Waals surface area contributed by atoms with E-state index in [0.29, 0.717) is 13.0 Å². The average Bonchev–Trinajstić information content (AvgIpc) is 2.98. The van der Waals surface area contributed by atoms with Gasteiger partial charge >= 0.3 is 11.9 Å². The summed E-state index contributed by atoms with van der Waals surface area (Å²) in [5.41, 5.74) is 4.90. The van der Waals surface area contributed by atoms with Crippen LogP contribution in [0.5, 0.6) is 0 Å². The number of hydrogen-bond donors (Lipinski definition) is 6. The Morgan fingerprint density at radius 3 is 2.21 bits per heavy atom. The van der Waals surface area contributed by atoms with Gasteiger partial charge in [-0.05, 0) is 19.4 Å². The highest BCUT2D eigenvalue weighted by Gasteiger charge is 2.31. The first-order valence-electron chi connectivity index (χ1n) is 7.27. The average molecular weight is 344 g/mol. The molecule has 1 aliphatic heterocycles. The van der Waals surface area contributed by atoms with E-state index in [1.165, 1.54) is 0 Å². The highest BCUT2D eigenvalue weighted by atomic mass is 16.4. The van der Waals surface area contributed by atoms with Gasteiger partial charge in [-0.15, -0.1) is 0 Å². The maximum atomic E-state index is 12.1. The molecule has 3 unspecified atom stereocenters. The van der Waals surface area contributed by atoms with E-state index in [1.807, 2.05) is 5.32 Å². The smallest absolute Gasteiger partial charge is 0.326 e. The van der Waals surface area contributed by atoms with Crippen molar-refractivity contribution in [3.05, 3.63) is 0 Å². The van der Waals surface area contributed by atoms with E-state index in [4.69, 9.17) is 15.9 Å². The maximum absolute atomic E-state index is 12.1. The molecule has 0 bridgehead atoms. The Bertz CT molecular complexity index is 530. The molecule has 0 spiro atoms. The summed E-state index contributed by atoms with van der Waals surface area (Å²) in [5, 5.41) is 25.0. The zero-order valence-electron chi connectivity index (χ0n) is 12.8. The first kappa shape index (κ1) is 19.4. The molecule has 1 rings (SSSR count). The van der Waals surface area contributed by atoms with Crippen LogP contribution in [0, 0.1) is 0 Å². The molecule has 0 aliphatic carbocycles. The summed E-state index contributed by atoms with van der Waals surface area (Å²) >= 11 is 0. The molecule has 0 aromatic rings. The van der Waals surface area contributed by atoms with Crippen LogP contribution in [0.1, 0.15) is 25.7 Å². The van der Waals surface area contributed by atoms with Gasteiger partial charge < -0.3 is 31.9 Å². The van der Waals surface area contributed by atoms with Crippen LogP contribution in [0.3, 0.4) is 0 Å². The Kier molecular flexibility index (Phi) is 7.11. The Hall–Kier alpha value is -2.69. The zero-order valence-corrected chi connectivity index (χ0v) is 12.8. The lowest BCUT2D eigenvalue weighted by atomic mass is 10.1. The summed E-state index contributed by atoms with van der Waals surface area (Å²) in [5.74, 6) is -5.36. The van der Waals surface area contributed by atoms with Crippen LogP contribution in [0.4, 0.5) is 0 Å². The van der Waals surface area contributed by atoms with Gasteiger partial charge in [-0.25, -0.2) is 4.79 Å². The van der Waals surface area contributed by atoms with Gasteiger partial charge in [0.1, 0.15) is 12.1 Å². The summed E-state index contributed by atoms with van der Waals surface area (Å²) in [6, 6.07) is -3.60. The Labute approximate surface area is 136 Å². The highest BCUT2D eigenvalue weighted by molar-refractivity contribution is 5.95. The number of carboxylic acid groups (broad SMARTS) is 2. The summed E-state index contributed by atoms with van der Waals surface area (Å²) in [7, 11) is 0. The number of aliphatic carboxylic acids is 2. The number of carbonyl (C=O) groups excluding carboxylic acids is 3. The fourth-order valence-electron chi connectivity index (χ4n) is 2.24. The lowest BCUT2D eigenvalue weighted by Crippen LogP contribution is -2.55. The standard InChI is InChI=1S/C13H20N4O7/c14-9(18)4-8(13(23)24)17-12(22)7(5-10(19)20)16-11(21)6-2-1-3-15-6/h6-8,15H,1-5H2,(H2,14,18)(H,16,21)(H,17,22)(H,19,20)(H,23,24). The topological polar surface area (TPSA) is 188 Å². The van der Waals surface area contributed by atoms with Crippen LogP contribution < -0.4 is 21.7 Å². The Morgan fingerprint density at radius 2 is 1.75 bits per heavy atom. The SMILES string of the molecule is NC(=O)CC(NC(=O)C(CC(=O)O)NC(=O)C1CCCN1)C(=O)O. The second-order valence-electron chi connectivity index (χ2n) is 5.38. The quantitative estimate of drug-likeness (QED) is 0.257. The third-order valence-electron chi connectivity index (χ3n) is 3.41. The van der Waals surface area contributed by atoms with Gasteiger partial charge in [-0.3, -0.25) is 19.2 Å². The van der Waals surface area contributed by atoms with E-state index in [1.54, 1.807) is 0 Å². The second-order valence-corrected chi connectivity index (χ2v) is 5.38. The third kappa shape index (κ3) is 6.20. The van der Waals surface area contributed by atoms with Crippen molar-refractivity contribution in [1.29, 1.82) is 0 Å². The first-order valence-corrected chi connectivity index (χ1v) is 7.27. The second kappa shape index (κ2) is 8.82. The number of carbonyl (C=O) groups is 5. The molecular formula is C13H20N4O7. The van der Waals surface area contributed by atoms with Crippen molar-refractivity contribution in [2.45, 2.75) is 43.8 Å². The van der Waals surface area contributed by atoms with Gasteiger partial charge in [0.05, 0.1) is 18.9 Å². The van der Waals surface area contributed by atoms with Gasteiger partial charge in [0.25, 0.3) is 0 Å². The number of amides is 3. The number of nitrogens with two attached hydrogens (primary N) is 1. The largest absolute Gasteiger partial charge is 0.481 e. The Balaban J connectivity index is 2.75. The molecule has 3 atom stereocenters. The van der Waals surface area contributed by atoms with Crippen LogP contribution in [0.25, 0.3) is 0 Å². The van der Waals surface area contributed by atoms with Crippen molar-refractivity contribution in [3.8, 4) is 0 Å². The molecule has 1 saturated heterocycles. The number of hydrogen-bond acceptors (Lipinski definition) is 6. The molecule has 11 nitrogen and oxygen atoms in total. The van der Waals surface area contributed by atoms with E-state index >= 15 is 0 Å². The van der Waals surface area contributed by atoms with Crippen LogP contribution >= 0.6 is 0 Å². The normalized spacial score (nSPS) is 19.1. The molecule has 0 aromatic heterocycles. The van der Waals surface area contributed by atoms with Crippen molar-refractivity contribution in [2.24, 2.45) is 5.73 Å².